The van der Waals surface area contributed by atoms with Crippen LogP contribution in [0.3, 0.4) is 0 Å². The Kier molecular flexibility index (Phi) is 5.69. The predicted molar refractivity (Wildman–Crippen MR) is 132 cm³/mol. The second-order valence-corrected chi connectivity index (χ2v) is 8.48. The second-order valence-electron chi connectivity index (χ2n) is 7.69. The summed E-state index contributed by atoms with van der Waals surface area (Å²) in [5.41, 5.74) is 1.83. The van der Waals surface area contributed by atoms with Crippen molar-refractivity contribution in [1.82, 2.24) is 10.3 Å². The topological polar surface area (TPSA) is 98.8 Å². The van der Waals surface area contributed by atoms with Crippen molar-refractivity contribution in [3.05, 3.63) is 101 Å². The summed E-state index contributed by atoms with van der Waals surface area (Å²) >= 11 is 12.0. The smallest absolute Gasteiger partial charge is 0.335 e. The summed E-state index contributed by atoms with van der Waals surface area (Å²) in [6.07, 6.45) is 1.70. The molecular weight excluding hydrogens is 474 g/mol. The largest absolute Gasteiger partial charge is 0.506 e. The molecule has 2 aromatic heterocycles. The van der Waals surface area contributed by atoms with Crippen molar-refractivity contribution in [2.75, 3.05) is 4.90 Å². The minimum absolute atomic E-state index is 0.0716. The van der Waals surface area contributed by atoms with Crippen molar-refractivity contribution in [1.29, 1.82) is 0 Å². The van der Waals surface area contributed by atoms with Crippen molar-refractivity contribution in [2.45, 2.75) is 12.1 Å². The SMILES string of the molecule is O=C(O)c1ccc(Cl)c(-c2ccc([C@H]3[C@@H](c4ccccn4)NC(=S)N3c3ccccc3O)o2)c1. The minimum Gasteiger partial charge on any atom is -0.506 e. The summed E-state index contributed by atoms with van der Waals surface area (Å²) in [4.78, 5) is 17.7. The van der Waals surface area contributed by atoms with E-state index in [0.717, 1.165) is 5.69 Å². The molecule has 2 aromatic carbocycles. The number of carbonyl (C=O) groups is 1. The van der Waals surface area contributed by atoms with Gasteiger partial charge in [0, 0.05) is 11.8 Å². The number of hydrogen-bond acceptors (Lipinski definition) is 5. The highest BCUT2D eigenvalue weighted by atomic mass is 35.5. The number of nitrogens with zero attached hydrogens (tertiary/aromatic N) is 2. The summed E-state index contributed by atoms with van der Waals surface area (Å²) < 4.78 is 6.23. The number of carboxylic acid groups (broad SMARTS) is 1. The molecule has 1 aliphatic rings. The van der Waals surface area contributed by atoms with Crippen LogP contribution < -0.4 is 10.2 Å². The highest BCUT2D eigenvalue weighted by Gasteiger charge is 2.43. The number of para-hydroxylation sites is 2. The van der Waals surface area contributed by atoms with Gasteiger partial charge in [0.1, 0.15) is 23.3 Å². The van der Waals surface area contributed by atoms with E-state index >= 15 is 0 Å². The predicted octanol–water partition coefficient (Wildman–Crippen LogP) is 5.58. The average Bonchev–Trinajstić information content (AvgIpc) is 3.45. The van der Waals surface area contributed by atoms with E-state index in [1.807, 2.05) is 24.3 Å². The third-order valence-electron chi connectivity index (χ3n) is 5.64. The first-order chi connectivity index (χ1) is 16.4. The van der Waals surface area contributed by atoms with Crippen LogP contribution in [-0.4, -0.2) is 26.3 Å². The van der Waals surface area contributed by atoms with Gasteiger partial charge in [-0.3, -0.25) is 4.98 Å². The number of carboxylic acids is 1. The number of hydrogen-bond donors (Lipinski definition) is 3. The van der Waals surface area contributed by atoms with E-state index < -0.39 is 12.0 Å². The standard InChI is InChI=1S/C25H18ClN3O4S/c26-16-9-8-14(24(31)32)13-15(16)20-10-11-21(33-20)23-22(17-5-3-4-12-27-17)28-25(34)29(23)18-6-1-2-7-19(18)30/h1-13,22-23,30H,(H,28,34)(H,31,32)/t22-,23+/m1/s1. The highest BCUT2D eigenvalue weighted by Crippen LogP contribution is 2.45. The molecule has 1 fully saturated rings. The van der Waals surface area contributed by atoms with Crippen LogP contribution in [0.4, 0.5) is 5.69 Å². The van der Waals surface area contributed by atoms with E-state index in [1.165, 1.54) is 18.2 Å². The number of nitrogens with one attached hydrogen (secondary N) is 1. The van der Waals surface area contributed by atoms with Gasteiger partial charge in [-0.15, -0.1) is 0 Å². The fraction of sp³-hybridized carbons (Fsp3) is 0.0800. The molecule has 0 saturated carbocycles. The van der Waals surface area contributed by atoms with Gasteiger partial charge in [-0.2, -0.15) is 0 Å². The maximum atomic E-state index is 11.4. The van der Waals surface area contributed by atoms with Crippen LogP contribution in [0.1, 0.15) is 33.9 Å². The van der Waals surface area contributed by atoms with Crippen LogP contribution in [-0.2, 0) is 0 Å². The molecular formula is C25H18ClN3O4S. The molecule has 9 heteroatoms. The van der Waals surface area contributed by atoms with E-state index in [2.05, 4.69) is 10.3 Å². The van der Waals surface area contributed by atoms with Crippen LogP contribution in [0.5, 0.6) is 5.75 Å². The molecule has 3 N–H and O–H groups in total. The Morgan fingerprint density at radius 3 is 2.62 bits per heavy atom. The Morgan fingerprint density at radius 1 is 1.09 bits per heavy atom. The van der Waals surface area contributed by atoms with Gasteiger partial charge in [-0.25, -0.2) is 4.79 Å². The molecule has 170 valence electrons. The Hall–Kier alpha value is -3.88. The van der Waals surface area contributed by atoms with Gasteiger partial charge in [0.15, 0.2) is 5.11 Å². The number of aromatic hydroxyl groups is 1. The van der Waals surface area contributed by atoms with Crippen molar-refractivity contribution in [2.24, 2.45) is 0 Å². The zero-order valence-corrected chi connectivity index (χ0v) is 19.1. The van der Waals surface area contributed by atoms with Crippen molar-refractivity contribution < 1.29 is 19.4 Å². The molecule has 0 amide bonds. The summed E-state index contributed by atoms with van der Waals surface area (Å²) in [7, 11) is 0. The van der Waals surface area contributed by atoms with E-state index in [0.29, 0.717) is 32.9 Å². The third kappa shape index (κ3) is 3.87. The maximum Gasteiger partial charge on any atom is 0.335 e. The Labute approximate surface area is 205 Å². The van der Waals surface area contributed by atoms with Crippen LogP contribution >= 0.6 is 23.8 Å². The molecule has 0 spiro atoms. The lowest BCUT2D eigenvalue weighted by Gasteiger charge is -2.26. The number of aromatic carboxylic acids is 1. The zero-order valence-electron chi connectivity index (χ0n) is 17.6. The van der Waals surface area contributed by atoms with E-state index in [1.54, 1.807) is 41.4 Å². The molecule has 0 unspecified atom stereocenters. The first-order valence-corrected chi connectivity index (χ1v) is 11.1. The first kappa shape index (κ1) is 21.9. The molecule has 1 saturated heterocycles. The van der Waals surface area contributed by atoms with Gasteiger partial charge < -0.3 is 24.8 Å². The molecule has 7 nitrogen and oxygen atoms in total. The Bertz CT molecular complexity index is 1390. The number of benzene rings is 2. The van der Waals surface area contributed by atoms with E-state index in [-0.39, 0.29) is 17.4 Å². The highest BCUT2D eigenvalue weighted by molar-refractivity contribution is 7.80. The Morgan fingerprint density at radius 2 is 1.88 bits per heavy atom. The summed E-state index contributed by atoms with van der Waals surface area (Å²) in [6.45, 7) is 0. The van der Waals surface area contributed by atoms with E-state index in [4.69, 9.17) is 28.2 Å². The average molecular weight is 492 g/mol. The molecule has 1 aliphatic heterocycles. The van der Waals surface area contributed by atoms with Crippen LogP contribution in [0.25, 0.3) is 11.3 Å². The number of anilines is 1. The van der Waals surface area contributed by atoms with Gasteiger partial charge in [0.2, 0.25) is 0 Å². The van der Waals surface area contributed by atoms with Gasteiger partial charge in [-0.1, -0.05) is 29.8 Å². The number of rotatable bonds is 5. The molecule has 3 heterocycles. The lowest BCUT2D eigenvalue weighted by molar-refractivity contribution is 0.0697. The first-order valence-electron chi connectivity index (χ1n) is 10.4. The quantitative estimate of drug-likeness (QED) is 0.311. The van der Waals surface area contributed by atoms with Crippen LogP contribution in [0.15, 0.2) is 83.4 Å². The molecule has 4 aromatic rings. The van der Waals surface area contributed by atoms with Crippen molar-refractivity contribution in [3.8, 4) is 17.1 Å². The fourth-order valence-corrected chi connectivity index (χ4v) is 4.62. The molecule has 34 heavy (non-hydrogen) atoms. The third-order valence-corrected chi connectivity index (χ3v) is 6.28. The van der Waals surface area contributed by atoms with Gasteiger partial charge in [0.25, 0.3) is 0 Å². The molecule has 2 atom stereocenters. The van der Waals surface area contributed by atoms with Crippen LogP contribution in [0.2, 0.25) is 5.02 Å². The maximum absolute atomic E-state index is 11.4. The fourth-order valence-electron chi connectivity index (χ4n) is 4.07. The van der Waals surface area contributed by atoms with Gasteiger partial charge in [0.05, 0.1) is 28.0 Å². The molecule has 0 radical (unpaired) electrons. The molecule has 0 aliphatic carbocycles. The van der Waals surface area contributed by atoms with Crippen molar-refractivity contribution in [3.63, 3.8) is 0 Å². The van der Waals surface area contributed by atoms with Gasteiger partial charge in [-0.05, 0) is 66.8 Å². The minimum atomic E-state index is -1.06. The normalized spacial score (nSPS) is 17.6. The van der Waals surface area contributed by atoms with Crippen molar-refractivity contribution >= 4 is 40.6 Å². The summed E-state index contributed by atoms with van der Waals surface area (Å²) in [5, 5.41) is 24.0. The number of furan rings is 1. The number of phenols is 1. The number of halogens is 1. The van der Waals surface area contributed by atoms with E-state index in [9.17, 15) is 15.0 Å². The molecule has 5 rings (SSSR count). The second kappa shape index (κ2) is 8.81. The lowest BCUT2D eigenvalue weighted by Crippen LogP contribution is -2.29. The summed E-state index contributed by atoms with van der Waals surface area (Å²) in [5.74, 6) is -0.0331. The zero-order chi connectivity index (χ0) is 23.8. The molecule has 0 bridgehead atoms. The Balaban J connectivity index is 1.62. The van der Waals surface area contributed by atoms with Crippen LogP contribution in [0, 0.1) is 0 Å². The number of thiocarbonyl (C=S) groups is 1. The summed E-state index contributed by atoms with van der Waals surface area (Å²) in [6, 6.07) is 19.6. The number of pyridine rings is 1. The van der Waals surface area contributed by atoms with Gasteiger partial charge >= 0.3 is 5.97 Å². The lowest BCUT2D eigenvalue weighted by atomic mass is 10.0. The number of aromatic nitrogens is 1. The monoisotopic (exact) mass is 491 g/mol. The number of phenolic OH excluding ortho intramolecular Hbond substituents is 1.